The van der Waals surface area contributed by atoms with Crippen molar-refractivity contribution < 1.29 is 48.6 Å². The molecule has 3 aromatic carbocycles. The number of rotatable bonds is 4. The van der Waals surface area contributed by atoms with E-state index >= 15 is 0 Å². The van der Waals surface area contributed by atoms with Crippen LogP contribution in [0.25, 0.3) is 11.1 Å². The minimum Gasteiger partial charge on any atom is -0.429 e. The second-order valence-electron chi connectivity index (χ2n) is 6.68. The monoisotopic (exact) mass is 468 g/mol. The molecule has 0 unspecified atom stereocenters. The zero-order valence-electron chi connectivity index (χ0n) is 15.7. The minimum atomic E-state index is -5.46. The Bertz CT molecular complexity index is 1140. The van der Waals surface area contributed by atoms with E-state index in [0.717, 1.165) is 6.07 Å². The van der Waals surface area contributed by atoms with Crippen molar-refractivity contribution in [3.8, 4) is 16.9 Å². The van der Waals surface area contributed by atoms with Crippen LogP contribution in [0.3, 0.4) is 0 Å². The summed E-state index contributed by atoms with van der Waals surface area (Å²) in [6.45, 7) is 1.54. The van der Waals surface area contributed by atoms with Gasteiger partial charge in [0.05, 0.1) is 0 Å². The molecule has 0 N–H and O–H groups in total. The van der Waals surface area contributed by atoms with Gasteiger partial charge in [0.25, 0.3) is 0 Å². The van der Waals surface area contributed by atoms with E-state index in [1.165, 1.54) is 12.1 Å². The number of hydrogen-bond acceptors (Lipinski definition) is 1. The molecule has 0 fully saturated rings. The van der Waals surface area contributed by atoms with Gasteiger partial charge in [0.15, 0.2) is 0 Å². The molecule has 0 amide bonds. The van der Waals surface area contributed by atoms with E-state index in [9.17, 15) is 43.9 Å². The summed E-state index contributed by atoms with van der Waals surface area (Å²) in [6, 6.07) is 3.99. The first-order valence-electron chi connectivity index (χ1n) is 8.60. The Kier molecular flexibility index (Phi) is 5.88. The fourth-order valence-electron chi connectivity index (χ4n) is 2.94. The normalized spacial score (nSPS) is 12.2. The molecule has 11 heteroatoms. The van der Waals surface area contributed by atoms with E-state index in [1.807, 2.05) is 0 Å². The Labute approximate surface area is 173 Å². The van der Waals surface area contributed by atoms with Gasteiger partial charge in [-0.25, -0.2) is 22.0 Å². The molecule has 0 aromatic heterocycles. The van der Waals surface area contributed by atoms with Gasteiger partial charge in [0.2, 0.25) is 0 Å². The van der Waals surface area contributed by atoms with Crippen LogP contribution in [0, 0.1) is 36.0 Å². The molecule has 0 saturated carbocycles. The van der Waals surface area contributed by atoms with E-state index in [0.29, 0.717) is 17.7 Å². The highest BCUT2D eigenvalue weighted by atomic mass is 19.4. The minimum absolute atomic E-state index is 0.203. The highest BCUT2D eigenvalue weighted by molar-refractivity contribution is 5.65. The first kappa shape index (κ1) is 23.4. The van der Waals surface area contributed by atoms with Crippen molar-refractivity contribution in [2.45, 2.75) is 19.2 Å². The molecule has 1 nitrogen and oxygen atoms in total. The van der Waals surface area contributed by atoms with Crippen molar-refractivity contribution in [1.29, 1.82) is 0 Å². The van der Waals surface area contributed by atoms with Gasteiger partial charge in [0.1, 0.15) is 46.0 Å². The van der Waals surface area contributed by atoms with Gasteiger partial charge >= 0.3 is 12.3 Å². The van der Waals surface area contributed by atoms with Gasteiger partial charge in [0, 0.05) is 17.7 Å². The first-order valence-corrected chi connectivity index (χ1v) is 8.60. The molecule has 0 spiro atoms. The molecule has 0 aliphatic heterocycles. The molecule has 32 heavy (non-hydrogen) atoms. The molecule has 0 saturated heterocycles. The van der Waals surface area contributed by atoms with Crippen LogP contribution in [0.1, 0.15) is 16.7 Å². The zero-order chi connectivity index (χ0) is 24.0. The van der Waals surface area contributed by atoms with Gasteiger partial charge in [-0.2, -0.15) is 22.0 Å². The Morgan fingerprint density at radius 3 is 1.59 bits per heavy atom. The van der Waals surface area contributed by atoms with E-state index in [-0.39, 0.29) is 17.7 Å². The van der Waals surface area contributed by atoms with E-state index in [1.54, 1.807) is 6.92 Å². The number of benzene rings is 3. The Balaban J connectivity index is 2.00. The van der Waals surface area contributed by atoms with Crippen molar-refractivity contribution in [2.75, 3.05) is 0 Å². The van der Waals surface area contributed by atoms with Crippen LogP contribution in [0.5, 0.6) is 5.75 Å². The van der Waals surface area contributed by atoms with Crippen LogP contribution in [-0.4, -0.2) is 0 Å². The van der Waals surface area contributed by atoms with E-state index < -0.39 is 63.8 Å². The van der Waals surface area contributed by atoms with Crippen LogP contribution in [0.2, 0.25) is 0 Å². The summed E-state index contributed by atoms with van der Waals surface area (Å²) >= 11 is 0. The lowest BCUT2D eigenvalue weighted by Crippen LogP contribution is -2.25. The molecule has 0 atom stereocenters. The number of hydrogen-bond donors (Lipinski definition) is 0. The molecular weight excluding hydrogens is 458 g/mol. The van der Waals surface area contributed by atoms with Crippen LogP contribution >= 0.6 is 0 Å². The average molecular weight is 468 g/mol. The van der Waals surface area contributed by atoms with Gasteiger partial charge in [-0.3, -0.25) is 0 Å². The maximum atomic E-state index is 14.4. The summed E-state index contributed by atoms with van der Waals surface area (Å²) in [5.41, 5.74) is -4.58. The fraction of sp³-hybridized carbons (Fsp3) is 0.143. The summed E-state index contributed by atoms with van der Waals surface area (Å²) < 4.78 is 140. The Hall–Kier alpha value is -3.24. The summed E-state index contributed by atoms with van der Waals surface area (Å²) in [7, 11) is 0. The van der Waals surface area contributed by atoms with Gasteiger partial charge in [-0.15, -0.1) is 0 Å². The predicted octanol–water partition coefficient (Wildman–Crippen LogP) is 7.50. The lowest BCUT2D eigenvalue weighted by Gasteiger charge is -2.21. The number of alkyl halides is 5. The van der Waals surface area contributed by atoms with Crippen molar-refractivity contribution in [3.05, 3.63) is 88.2 Å². The first-order chi connectivity index (χ1) is 14.7. The van der Waals surface area contributed by atoms with Crippen LogP contribution in [0.4, 0.5) is 43.9 Å². The Morgan fingerprint density at radius 1 is 0.625 bits per heavy atom. The second kappa shape index (κ2) is 8.03. The zero-order valence-corrected chi connectivity index (χ0v) is 15.7. The quantitative estimate of drug-likeness (QED) is 0.360. The molecule has 0 radical (unpaired) electrons. The largest absolute Gasteiger partial charge is 0.432 e. The third-order valence-corrected chi connectivity index (χ3v) is 4.31. The van der Waals surface area contributed by atoms with Crippen molar-refractivity contribution in [2.24, 2.45) is 0 Å². The molecule has 3 rings (SSSR count). The highest BCUT2D eigenvalue weighted by Gasteiger charge is 2.43. The third kappa shape index (κ3) is 4.51. The van der Waals surface area contributed by atoms with Crippen molar-refractivity contribution in [1.82, 2.24) is 0 Å². The van der Waals surface area contributed by atoms with E-state index in [2.05, 4.69) is 4.74 Å². The fourth-order valence-corrected chi connectivity index (χ4v) is 2.94. The summed E-state index contributed by atoms with van der Waals surface area (Å²) in [5.74, 6) is -10.7. The smallest absolute Gasteiger partial charge is 0.429 e. The maximum Gasteiger partial charge on any atom is 0.432 e. The number of aryl methyl sites for hydroxylation is 1. The Morgan fingerprint density at radius 2 is 1.12 bits per heavy atom. The maximum absolute atomic E-state index is 14.4. The lowest BCUT2D eigenvalue weighted by molar-refractivity contribution is -0.189. The number of halogens is 10. The molecule has 0 heterocycles. The molecule has 170 valence electrons. The second-order valence-corrected chi connectivity index (χ2v) is 6.68. The molecule has 3 aromatic rings. The lowest BCUT2D eigenvalue weighted by atomic mass is 10.0. The third-order valence-electron chi connectivity index (χ3n) is 4.31. The van der Waals surface area contributed by atoms with Gasteiger partial charge < -0.3 is 4.74 Å². The molecule has 0 aliphatic rings. The van der Waals surface area contributed by atoms with Gasteiger partial charge in [-0.1, -0.05) is 12.1 Å². The van der Waals surface area contributed by atoms with Crippen LogP contribution in [0.15, 0.2) is 42.5 Å². The van der Waals surface area contributed by atoms with Crippen LogP contribution < -0.4 is 4.74 Å². The summed E-state index contributed by atoms with van der Waals surface area (Å²) in [4.78, 5) is 0. The SMILES string of the molecule is Cc1ccc(-c2cc(F)c(C(F)(F)Oc3cc(F)c(C(F)(F)F)c(F)c3)c(F)c2)c(F)c1. The predicted molar refractivity (Wildman–Crippen MR) is 92.4 cm³/mol. The molecule has 0 bridgehead atoms. The average Bonchev–Trinajstić information content (AvgIpc) is 2.58. The summed E-state index contributed by atoms with van der Waals surface area (Å²) in [6.07, 6.45) is -10.4. The van der Waals surface area contributed by atoms with E-state index in [4.69, 9.17) is 0 Å². The highest BCUT2D eigenvalue weighted by Crippen LogP contribution is 2.40. The summed E-state index contributed by atoms with van der Waals surface area (Å²) in [5, 5.41) is 0. The topological polar surface area (TPSA) is 9.23 Å². The molecule has 0 aliphatic carbocycles. The van der Waals surface area contributed by atoms with Crippen molar-refractivity contribution in [3.63, 3.8) is 0 Å². The number of ether oxygens (including phenoxy) is 1. The van der Waals surface area contributed by atoms with Crippen LogP contribution in [-0.2, 0) is 12.3 Å². The van der Waals surface area contributed by atoms with Gasteiger partial charge in [-0.05, 0) is 36.2 Å². The molecular formula is C21H10F10O. The van der Waals surface area contributed by atoms with Crippen molar-refractivity contribution >= 4 is 0 Å². The standard InChI is InChI=1S/C21H10F10O/c1-9-2-3-12(13(22)4-9)10-5-14(23)19(15(24)6-10)21(30,31)32-11-7-16(25)18(17(26)8-11)20(27,28)29/h2-8H,1H3.